The molecule has 1 atom stereocenters. The summed E-state index contributed by atoms with van der Waals surface area (Å²) in [5, 5.41) is 0.170. The van der Waals surface area contributed by atoms with Gasteiger partial charge in [-0.2, -0.15) is 11.8 Å². The Labute approximate surface area is 142 Å². The third kappa shape index (κ3) is 4.50. The molecule has 23 heavy (non-hydrogen) atoms. The molecular formula is C19H26FNOS. The summed E-state index contributed by atoms with van der Waals surface area (Å²) in [7, 11) is 0. The highest BCUT2D eigenvalue weighted by Crippen LogP contribution is 2.36. The van der Waals surface area contributed by atoms with Gasteiger partial charge in [-0.15, -0.1) is 0 Å². The van der Waals surface area contributed by atoms with Crippen LogP contribution < -0.4 is 0 Å². The minimum Gasteiger partial charge on any atom is -0.342 e. The molecule has 3 rings (SSSR count). The first kappa shape index (κ1) is 16.8. The molecule has 1 aliphatic heterocycles. The van der Waals surface area contributed by atoms with E-state index in [9.17, 15) is 9.18 Å². The molecule has 0 N–H and O–H groups in total. The number of hydrogen-bond acceptors (Lipinski definition) is 2. The highest BCUT2D eigenvalue weighted by atomic mass is 32.2. The second-order valence-corrected chi connectivity index (χ2v) is 8.07. The van der Waals surface area contributed by atoms with Crippen molar-refractivity contribution in [1.29, 1.82) is 0 Å². The minimum absolute atomic E-state index is 0.119. The van der Waals surface area contributed by atoms with Gasteiger partial charge in [0.1, 0.15) is 5.82 Å². The highest BCUT2D eigenvalue weighted by Gasteiger charge is 2.25. The van der Waals surface area contributed by atoms with Crippen LogP contribution >= 0.6 is 11.8 Å². The number of hydrogen-bond donors (Lipinski definition) is 0. The molecule has 0 radical (unpaired) electrons. The van der Waals surface area contributed by atoms with E-state index in [0.29, 0.717) is 11.8 Å². The second-order valence-electron chi connectivity index (χ2n) is 6.76. The Morgan fingerprint density at radius 3 is 2.70 bits per heavy atom. The van der Waals surface area contributed by atoms with Crippen molar-refractivity contribution >= 4 is 17.7 Å². The van der Waals surface area contributed by atoms with E-state index in [2.05, 4.69) is 0 Å². The number of nitrogens with zero attached hydrogens (tertiary/aromatic N) is 1. The van der Waals surface area contributed by atoms with Gasteiger partial charge >= 0.3 is 0 Å². The normalized spacial score (nSPS) is 23.5. The molecule has 4 heteroatoms. The molecule has 1 heterocycles. The lowest BCUT2D eigenvalue weighted by Gasteiger charge is -2.26. The van der Waals surface area contributed by atoms with Crippen LogP contribution in [0.25, 0.3) is 0 Å². The summed E-state index contributed by atoms with van der Waals surface area (Å²) in [6, 6.07) is 7.05. The lowest BCUT2D eigenvalue weighted by molar-refractivity contribution is -0.132. The van der Waals surface area contributed by atoms with Gasteiger partial charge in [0.2, 0.25) is 5.91 Å². The van der Waals surface area contributed by atoms with Crippen molar-refractivity contribution in [3.63, 3.8) is 0 Å². The molecule has 1 saturated heterocycles. The zero-order chi connectivity index (χ0) is 16.1. The Balaban J connectivity index is 1.55. The van der Waals surface area contributed by atoms with Crippen LogP contribution in [0.4, 0.5) is 4.39 Å². The number of thioether (sulfide) groups is 1. The van der Waals surface area contributed by atoms with Gasteiger partial charge in [-0.3, -0.25) is 4.79 Å². The Kier molecular flexibility index (Phi) is 5.98. The van der Waals surface area contributed by atoms with Gasteiger partial charge in [-0.05, 0) is 31.2 Å². The summed E-state index contributed by atoms with van der Waals surface area (Å²) < 4.78 is 14.0. The molecule has 0 aromatic heterocycles. The summed E-state index contributed by atoms with van der Waals surface area (Å²) in [6.07, 6.45) is 7.89. The first-order valence-electron chi connectivity index (χ1n) is 8.88. The maximum absolute atomic E-state index is 14.0. The van der Waals surface area contributed by atoms with E-state index in [1.807, 2.05) is 17.0 Å². The first-order chi connectivity index (χ1) is 11.2. The molecule has 2 nitrogen and oxygen atoms in total. The Bertz CT molecular complexity index is 530. The van der Waals surface area contributed by atoms with Gasteiger partial charge in [-0.25, -0.2) is 4.39 Å². The van der Waals surface area contributed by atoms with Crippen molar-refractivity contribution < 1.29 is 9.18 Å². The maximum atomic E-state index is 14.0. The average Bonchev–Trinajstić information content (AvgIpc) is 2.82. The molecule has 126 valence electrons. The van der Waals surface area contributed by atoms with Gasteiger partial charge in [0.05, 0.1) is 0 Å². The number of halogens is 1. The topological polar surface area (TPSA) is 20.3 Å². The average molecular weight is 335 g/mol. The fourth-order valence-corrected chi connectivity index (χ4v) is 5.02. The quantitative estimate of drug-likeness (QED) is 0.790. The van der Waals surface area contributed by atoms with Crippen molar-refractivity contribution in [2.24, 2.45) is 5.92 Å². The first-order valence-corrected chi connectivity index (χ1v) is 9.92. The van der Waals surface area contributed by atoms with E-state index in [4.69, 9.17) is 0 Å². The van der Waals surface area contributed by atoms with Crippen LogP contribution in [0.15, 0.2) is 24.3 Å². The van der Waals surface area contributed by atoms with E-state index >= 15 is 0 Å². The van der Waals surface area contributed by atoms with E-state index in [1.165, 1.54) is 38.2 Å². The molecule has 0 spiro atoms. The fraction of sp³-hybridized carbons (Fsp3) is 0.632. The zero-order valence-corrected chi connectivity index (χ0v) is 14.5. The predicted octanol–water partition coefficient (Wildman–Crippen LogP) is 4.80. The molecule has 1 aromatic carbocycles. The Hall–Kier alpha value is -1.03. The number of amides is 1. The van der Waals surface area contributed by atoms with Crippen LogP contribution in [0.5, 0.6) is 0 Å². The van der Waals surface area contributed by atoms with Crippen LogP contribution in [-0.2, 0) is 4.79 Å². The van der Waals surface area contributed by atoms with Gasteiger partial charge in [0.15, 0.2) is 0 Å². The summed E-state index contributed by atoms with van der Waals surface area (Å²) in [4.78, 5) is 14.6. The summed E-state index contributed by atoms with van der Waals surface area (Å²) in [6.45, 7) is 1.57. The Morgan fingerprint density at radius 2 is 1.91 bits per heavy atom. The number of rotatable bonds is 3. The predicted molar refractivity (Wildman–Crippen MR) is 94.0 cm³/mol. The van der Waals surface area contributed by atoms with Crippen LogP contribution in [-0.4, -0.2) is 29.6 Å². The van der Waals surface area contributed by atoms with Crippen molar-refractivity contribution in [3.05, 3.63) is 35.6 Å². The molecule has 2 fully saturated rings. The van der Waals surface area contributed by atoms with Crippen LogP contribution in [0.3, 0.4) is 0 Å². The third-order valence-electron chi connectivity index (χ3n) is 5.13. The third-order valence-corrected chi connectivity index (χ3v) is 6.44. The SMILES string of the molecule is O=C(CC1CCCCC1)N1CCSC(c2ccccc2F)CC1. The molecule has 1 unspecified atom stereocenters. The standard InChI is InChI=1S/C19H26FNOS/c20-17-9-5-4-8-16(17)18-10-11-21(12-13-23-18)19(22)14-15-6-2-1-3-7-15/h4-5,8-9,15,18H,1-3,6-7,10-14H2. The lowest BCUT2D eigenvalue weighted by Crippen LogP contribution is -2.34. The van der Waals surface area contributed by atoms with Crippen molar-refractivity contribution in [1.82, 2.24) is 4.90 Å². The van der Waals surface area contributed by atoms with Crippen LogP contribution in [0.2, 0.25) is 0 Å². The summed E-state index contributed by atoms with van der Waals surface area (Å²) >= 11 is 1.78. The van der Waals surface area contributed by atoms with Crippen molar-refractivity contribution in [3.8, 4) is 0 Å². The molecule has 1 aliphatic carbocycles. The number of benzene rings is 1. The van der Waals surface area contributed by atoms with E-state index < -0.39 is 0 Å². The van der Waals surface area contributed by atoms with Gasteiger partial charge < -0.3 is 4.90 Å². The van der Waals surface area contributed by atoms with Gasteiger partial charge in [0.25, 0.3) is 0 Å². The monoisotopic (exact) mass is 335 g/mol. The second kappa shape index (κ2) is 8.18. The highest BCUT2D eigenvalue weighted by molar-refractivity contribution is 7.99. The molecule has 2 aliphatic rings. The smallest absolute Gasteiger partial charge is 0.222 e. The Morgan fingerprint density at radius 1 is 1.13 bits per heavy atom. The van der Waals surface area contributed by atoms with E-state index in [0.717, 1.165) is 37.2 Å². The largest absolute Gasteiger partial charge is 0.342 e. The molecule has 1 aromatic rings. The maximum Gasteiger partial charge on any atom is 0.222 e. The van der Waals surface area contributed by atoms with Crippen molar-refractivity contribution in [2.45, 2.75) is 50.2 Å². The lowest BCUT2D eigenvalue weighted by atomic mass is 9.86. The van der Waals surface area contributed by atoms with Crippen molar-refractivity contribution in [2.75, 3.05) is 18.8 Å². The fourth-order valence-electron chi connectivity index (χ4n) is 3.77. The number of carbonyl (C=O) groups is 1. The van der Waals surface area contributed by atoms with E-state index in [1.54, 1.807) is 17.8 Å². The van der Waals surface area contributed by atoms with Crippen LogP contribution in [0, 0.1) is 11.7 Å². The van der Waals surface area contributed by atoms with E-state index in [-0.39, 0.29) is 11.1 Å². The summed E-state index contributed by atoms with van der Waals surface area (Å²) in [5.74, 6) is 1.68. The molecule has 0 bridgehead atoms. The molecule has 1 amide bonds. The summed E-state index contributed by atoms with van der Waals surface area (Å²) in [5.41, 5.74) is 0.791. The molecular weight excluding hydrogens is 309 g/mol. The molecule has 1 saturated carbocycles. The number of carbonyl (C=O) groups excluding carboxylic acids is 1. The van der Waals surface area contributed by atoms with Gasteiger partial charge in [-0.1, -0.05) is 37.5 Å². The zero-order valence-electron chi connectivity index (χ0n) is 13.7. The van der Waals surface area contributed by atoms with Crippen LogP contribution in [0.1, 0.15) is 55.8 Å². The minimum atomic E-state index is -0.119. The van der Waals surface area contributed by atoms with Gasteiger partial charge in [0, 0.05) is 36.1 Å².